The summed E-state index contributed by atoms with van der Waals surface area (Å²) in [4.78, 5) is 0. The summed E-state index contributed by atoms with van der Waals surface area (Å²) in [5.41, 5.74) is 2.45. The zero-order valence-corrected chi connectivity index (χ0v) is 11.7. The van der Waals surface area contributed by atoms with Crippen molar-refractivity contribution in [2.45, 2.75) is 47.1 Å². The molecule has 1 aromatic rings. The highest BCUT2D eigenvalue weighted by Gasteiger charge is 2.04. The van der Waals surface area contributed by atoms with E-state index in [0.29, 0.717) is 5.92 Å². The molecule has 1 aromatic carbocycles. The lowest BCUT2D eigenvalue weighted by Crippen LogP contribution is -2.11. The van der Waals surface area contributed by atoms with Gasteiger partial charge in [-0.1, -0.05) is 20.3 Å². The number of ether oxygens (including phenoxy) is 1. The Hall–Kier alpha value is -1.18. The maximum Gasteiger partial charge on any atom is 0.120 e. The highest BCUT2D eigenvalue weighted by molar-refractivity contribution is 5.53. The molecule has 17 heavy (non-hydrogen) atoms. The molecule has 1 N–H and O–H groups in total. The number of hydrogen-bond donors (Lipinski definition) is 1. The Morgan fingerprint density at radius 3 is 2.47 bits per heavy atom. The number of nitrogens with one attached hydrogen (secondary N) is 1. The summed E-state index contributed by atoms with van der Waals surface area (Å²) in [5.74, 6) is 1.66. The van der Waals surface area contributed by atoms with Crippen LogP contribution >= 0.6 is 0 Å². The third-order valence-electron chi connectivity index (χ3n) is 2.91. The van der Waals surface area contributed by atoms with Crippen molar-refractivity contribution >= 4 is 5.69 Å². The average molecular weight is 235 g/mol. The summed E-state index contributed by atoms with van der Waals surface area (Å²) >= 11 is 0. The van der Waals surface area contributed by atoms with E-state index in [0.717, 1.165) is 12.3 Å². The van der Waals surface area contributed by atoms with Crippen LogP contribution in [0.2, 0.25) is 0 Å². The lowest BCUT2D eigenvalue weighted by Gasteiger charge is -2.15. The molecule has 0 fully saturated rings. The van der Waals surface area contributed by atoms with Crippen LogP contribution in [0.1, 0.15) is 39.7 Å². The van der Waals surface area contributed by atoms with Gasteiger partial charge in [-0.3, -0.25) is 0 Å². The van der Waals surface area contributed by atoms with Crippen molar-refractivity contribution in [1.82, 2.24) is 0 Å². The fraction of sp³-hybridized carbons (Fsp3) is 0.600. The lowest BCUT2D eigenvalue weighted by atomic mass is 10.1. The minimum Gasteiger partial charge on any atom is -0.491 e. The summed E-state index contributed by atoms with van der Waals surface area (Å²) in [6, 6.07) is 6.24. The first kappa shape index (κ1) is 13.9. The second kappa shape index (κ2) is 6.53. The van der Waals surface area contributed by atoms with Crippen molar-refractivity contribution in [3.8, 4) is 5.75 Å². The fourth-order valence-corrected chi connectivity index (χ4v) is 1.61. The van der Waals surface area contributed by atoms with Crippen LogP contribution in [0, 0.1) is 12.8 Å². The van der Waals surface area contributed by atoms with E-state index in [9.17, 15) is 0 Å². The molecule has 1 unspecified atom stereocenters. The molecule has 1 rings (SSSR count). The van der Waals surface area contributed by atoms with E-state index in [1.54, 1.807) is 0 Å². The molecular weight excluding hydrogens is 210 g/mol. The van der Waals surface area contributed by atoms with Crippen LogP contribution in [0.15, 0.2) is 18.2 Å². The molecule has 0 spiro atoms. The molecule has 0 saturated heterocycles. The fourth-order valence-electron chi connectivity index (χ4n) is 1.61. The second-order valence-electron chi connectivity index (χ2n) is 5.04. The molecule has 2 heteroatoms. The predicted molar refractivity (Wildman–Crippen MR) is 74.9 cm³/mol. The van der Waals surface area contributed by atoms with E-state index < -0.39 is 0 Å². The zero-order valence-electron chi connectivity index (χ0n) is 11.7. The van der Waals surface area contributed by atoms with Crippen LogP contribution in [0.3, 0.4) is 0 Å². The molecule has 0 aliphatic heterocycles. The summed E-state index contributed by atoms with van der Waals surface area (Å²) in [7, 11) is 0. The summed E-state index contributed by atoms with van der Waals surface area (Å²) in [6.45, 7) is 11.7. The predicted octanol–water partition coefficient (Wildman–Crippen LogP) is 4.24. The third kappa shape index (κ3) is 4.68. The monoisotopic (exact) mass is 235 g/mol. The van der Waals surface area contributed by atoms with Crippen molar-refractivity contribution in [2.75, 3.05) is 11.9 Å². The Bertz CT molecular complexity index is 347. The Morgan fingerprint density at radius 2 is 1.94 bits per heavy atom. The molecule has 0 bridgehead atoms. The van der Waals surface area contributed by atoms with Crippen LogP contribution in [0.5, 0.6) is 5.75 Å². The minimum absolute atomic E-state index is 0.230. The van der Waals surface area contributed by atoms with Crippen molar-refractivity contribution in [3.63, 3.8) is 0 Å². The van der Waals surface area contributed by atoms with Gasteiger partial charge in [0.1, 0.15) is 5.75 Å². The van der Waals surface area contributed by atoms with E-state index in [4.69, 9.17) is 4.74 Å². The van der Waals surface area contributed by atoms with Gasteiger partial charge >= 0.3 is 0 Å². The van der Waals surface area contributed by atoms with Gasteiger partial charge in [-0.2, -0.15) is 0 Å². The van der Waals surface area contributed by atoms with Crippen molar-refractivity contribution in [1.29, 1.82) is 0 Å². The molecule has 0 aliphatic rings. The van der Waals surface area contributed by atoms with Gasteiger partial charge in [-0.15, -0.1) is 0 Å². The molecule has 0 amide bonds. The molecular formula is C15H25NO. The average Bonchev–Trinajstić information content (AvgIpc) is 2.26. The van der Waals surface area contributed by atoms with Crippen molar-refractivity contribution in [2.24, 2.45) is 5.92 Å². The van der Waals surface area contributed by atoms with Gasteiger partial charge in [0, 0.05) is 12.2 Å². The van der Waals surface area contributed by atoms with Gasteiger partial charge < -0.3 is 10.1 Å². The summed E-state index contributed by atoms with van der Waals surface area (Å²) < 4.78 is 5.67. The number of hydrogen-bond acceptors (Lipinski definition) is 2. The smallest absolute Gasteiger partial charge is 0.120 e. The van der Waals surface area contributed by atoms with Gasteiger partial charge in [0.2, 0.25) is 0 Å². The lowest BCUT2D eigenvalue weighted by molar-refractivity contribution is 0.242. The standard InChI is InChI=1S/C15H25NO/c1-6-12(4)10-16-15-8-7-14(9-13(15)5)17-11(2)3/h7-9,11-12,16H,6,10H2,1-5H3. The quantitative estimate of drug-likeness (QED) is 0.796. The topological polar surface area (TPSA) is 21.3 Å². The maximum absolute atomic E-state index is 5.67. The minimum atomic E-state index is 0.230. The molecule has 2 nitrogen and oxygen atoms in total. The molecule has 0 aliphatic carbocycles. The van der Waals surface area contributed by atoms with Crippen LogP contribution in [0.25, 0.3) is 0 Å². The maximum atomic E-state index is 5.67. The van der Waals surface area contributed by atoms with Crippen molar-refractivity contribution < 1.29 is 4.74 Å². The van der Waals surface area contributed by atoms with Gasteiger partial charge in [0.25, 0.3) is 0 Å². The van der Waals surface area contributed by atoms with E-state index in [1.807, 2.05) is 19.9 Å². The van der Waals surface area contributed by atoms with E-state index in [2.05, 4.69) is 38.2 Å². The number of benzene rings is 1. The Labute approximate surface area is 105 Å². The normalized spacial score (nSPS) is 12.6. The number of anilines is 1. The largest absolute Gasteiger partial charge is 0.491 e. The molecule has 0 saturated carbocycles. The first-order chi connectivity index (χ1) is 8.02. The van der Waals surface area contributed by atoms with Gasteiger partial charge in [0.05, 0.1) is 6.10 Å². The van der Waals surface area contributed by atoms with Crippen LogP contribution in [-0.4, -0.2) is 12.6 Å². The number of rotatable bonds is 6. The second-order valence-corrected chi connectivity index (χ2v) is 5.04. The Kier molecular flexibility index (Phi) is 5.33. The van der Waals surface area contributed by atoms with E-state index in [1.165, 1.54) is 17.7 Å². The SMILES string of the molecule is CCC(C)CNc1ccc(OC(C)C)cc1C. The highest BCUT2D eigenvalue weighted by atomic mass is 16.5. The van der Waals surface area contributed by atoms with Crippen LogP contribution in [0.4, 0.5) is 5.69 Å². The Morgan fingerprint density at radius 1 is 1.24 bits per heavy atom. The van der Waals surface area contributed by atoms with Gasteiger partial charge in [-0.05, 0) is 50.5 Å². The van der Waals surface area contributed by atoms with E-state index in [-0.39, 0.29) is 6.10 Å². The molecule has 1 atom stereocenters. The first-order valence-corrected chi connectivity index (χ1v) is 6.54. The van der Waals surface area contributed by atoms with Gasteiger partial charge in [-0.25, -0.2) is 0 Å². The molecule has 0 heterocycles. The van der Waals surface area contributed by atoms with Crippen molar-refractivity contribution in [3.05, 3.63) is 23.8 Å². The summed E-state index contributed by atoms with van der Waals surface area (Å²) in [5, 5.41) is 3.49. The summed E-state index contributed by atoms with van der Waals surface area (Å²) in [6.07, 6.45) is 1.44. The first-order valence-electron chi connectivity index (χ1n) is 6.54. The number of aryl methyl sites for hydroxylation is 1. The Balaban J connectivity index is 2.63. The van der Waals surface area contributed by atoms with Crippen LogP contribution < -0.4 is 10.1 Å². The molecule has 96 valence electrons. The third-order valence-corrected chi connectivity index (χ3v) is 2.91. The van der Waals surface area contributed by atoms with Crippen LogP contribution in [-0.2, 0) is 0 Å². The molecule has 0 radical (unpaired) electrons. The molecule has 0 aromatic heterocycles. The van der Waals surface area contributed by atoms with Gasteiger partial charge in [0.15, 0.2) is 0 Å². The van der Waals surface area contributed by atoms with E-state index >= 15 is 0 Å². The highest BCUT2D eigenvalue weighted by Crippen LogP contribution is 2.22. The zero-order chi connectivity index (χ0) is 12.8.